The zero-order valence-corrected chi connectivity index (χ0v) is 13.4. The van der Waals surface area contributed by atoms with Crippen LogP contribution < -0.4 is 5.32 Å². The number of fused-ring (bicyclic) bond motifs is 1. The van der Waals surface area contributed by atoms with E-state index in [4.69, 9.17) is 0 Å². The Kier molecular flexibility index (Phi) is 3.68. The van der Waals surface area contributed by atoms with E-state index >= 15 is 0 Å². The third kappa shape index (κ3) is 2.50. The van der Waals surface area contributed by atoms with Crippen LogP contribution >= 0.6 is 0 Å². The topological polar surface area (TPSA) is 52.6 Å². The summed E-state index contributed by atoms with van der Waals surface area (Å²) in [5, 5.41) is 2.72. The van der Waals surface area contributed by atoms with Crippen LogP contribution in [0, 0.1) is 0 Å². The highest BCUT2D eigenvalue weighted by Crippen LogP contribution is 2.34. The average molecular weight is 301 g/mol. The number of urea groups is 1. The Labute approximate surface area is 131 Å². The maximum Gasteiger partial charge on any atom is 0.325 e. The second kappa shape index (κ2) is 5.39. The van der Waals surface area contributed by atoms with Gasteiger partial charge in [-0.3, -0.25) is 14.6 Å². The molecule has 1 heterocycles. The van der Waals surface area contributed by atoms with Gasteiger partial charge in [-0.25, -0.2) is 4.79 Å². The molecule has 0 aromatic heterocycles. The van der Waals surface area contributed by atoms with Gasteiger partial charge in [0.05, 0.1) is 0 Å². The maximum absolute atomic E-state index is 12.2. The lowest BCUT2D eigenvalue weighted by atomic mass is 10.1. The zero-order chi connectivity index (χ0) is 15.9. The number of nitrogens with one attached hydrogen (secondary N) is 1. The summed E-state index contributed by atoms with van der Waals surface area (Å²) in [6, 6.07) is 8.62. The first-order valence-corrected chi connectivity index (χ1v) is 7.82. The quantitative estimate of drug-likeness (QED) is 0.865. The van der Waals surface area contributed by atoms with Crippen LogP contribution in [0.2, 0.25) is 0 Å². The Morgan fingerprint density at radius 1 is 1.32 bits per heavy atom. The second-order valence-electron chi connectivity index (χ2n) is 6.75. The number of carbonyl (C=O) groups is 2. The van der Waals surface area contributed by atoms with Crippen molar-refractivity contribution in [2.45, 2.75) is 38.3 Å². The van der Waals surface area contributed by atoms with Crippen LogP contribution in [0.15, 0.2) is 24.3 Å². The number of imide groups is 1. The van der Waals surface area contributed by atoms with E-state index in [1.807, 2.05) is 0 Å². The van der Waals surface area contributed by atoms with Gasteiger partial charge in [0.2, 0.25) is 0 Å². The van der Waals surface area contributed by atoms with E-state index in [0.717, 1.165) is 12.8 Å². The Morgan fingerprint density at radius 2 is 2.05 bits per heavy atom. The molecule has 0 spiro atoms. The van der Waals surface area contributed by atoms with Crippen molar-refractivity contribution >= 4 is 11.9 Å². The van der Waals surface area contributed by atoms with Crippen molar-refractivity contribution in [3.63, 3.8) is 0 Å². The lowest BCUT2D eigenvalue weighted by Gasteiger charge is -2.27. The van der Waals surface area contributed by atoms with E-state index in [1.165, 1.54) is 16.0 Å². The second-order valence-corrected chi connectivity index (χ2v) is 6.75. The van der Waals surface area contributed by atoms with Crippen molar-refractivity contribution < 1.29 is 9.59 Å². The molecule has 1 aromatic rings. The molecular formula is C17H23N3O2. The minimum Gasteiger partial charge on any atom is -0.324 e. The fraction of sp³-hybridized carbons (Fsp3) is 0.529. The standard InChI is InChI=1S/C17H23N3O2/c1-17(2)15(21)20(16(22)18-17)11-10-19(3)14-9-8-12-6-4-5-7-13(12)14/h4-7,14H,8-11H2,1-3H3,(H,18,22)/t14-/m1/s1. The van der Waals surface area contributed by atoms with Crippen LogP contribution in [0.5, 0.6) is 0 Å². The summed E-state index contributed by atoms with van der Waals surface area (Å²) in [6.07, 6.45) is 2.20. The Balaban J connectivity index is 1.63. The van der Waals surface area contributed by atoms with Crippen LogP contribution in [-0.4, -0.2) is 47.4 Å². The monoisotopic (exact) mass is 301 g/mol. The van der Waals surface area contributed by atoms with Gasteiger partial charge in [0.15, 0.2) is 0 Å². The van der Waals surface area contributed by atoms with Gasteiger partial charge in [0.1, 0.15) is 5.54 Å². The van der Waals surface area contributed by atoms with Crippen molar-refractivity contribution in [2.75, 3.05) is 20.1 Å². The molecule has 5 heteroatoms. The Hall–Kier alpha value is -1.88. The Morgan fingerprint density at radius 3 is 2.73 bits per heavy atom. The van der Waals surface area contributed by atoms with E-state index in [9.17, 15) is 9.59 Å². The number of benzene rings is 1. The first-order valence-electron chi connectivity index (χ1n) is 7.82. The summed E-state index contributed by atoms with van der Waals surface area (Å²) in [5.74, 6) is -0.141. The summed E-state index contributed by atoms with van der Waals surface area (Å²) >= 11 is 0. The zero-order valence-electron chi connectivity index (χ0n) is 13.4. The number of likely N-dealkylation sites (N-methyl/N-ethyl adjacent to an activating group) is 1. The number of carbonyl (C=O) groups excluding carboxylic acids is 2. The molecule has 1 atom stereocenters. The highest BCUT2D eigenvalue weighted by molar-refractivity contribution is 6.06. The highest BCUT2D eigenvalue weighted by Gasteiger charge is 2.44. The molecule has 2 aliphatic rings. The molecule has 3 rings (SSSR count). The molecular weight excluding hydrogens is 278 g/mol. The predicted octanol–water partition coefficient (Wildman–Crippen LogP) is 1.94. The maximum atomic E-state index is 12.2. The molecule has 1 N–H and O–H groups in total. The van der Waals surface area contributed by atoms with E-state index in [0.29, 0.717) is 19.1 Å². The van der Waals surface area contributed by atoms with E-state index in [2.05, 4.69) is 41.5 Å². The summed E-state index contributed by atoms with van der Waals surface area (Å²) in [4.78, 5) is 27.7. The highest BCUT2D eigenvalue weighted by atomic mass is 16.2. The first kappa shape index (κ1) is 15.0. The fourth-order valence-electron chi connectivity index (χ4n) is 3.43. The van der Waals surface area contributed by atoms with Crippen LogP contribution in [0.1, 0.15) is 37.4 Å². The molecule has 0 radical (unpaired) electrons. The largest absolute Gasteiger partial charge is 0.325 e. The van der Waals surface area contributed by atoms with Gasteiger partial charge < -0.3 is 5.32 Å². The first-order chi connectivity index (χ1) is 10.4. The fourth-order valence-corrected chi connectivity index (χ4v) is 3.43. The number of aryl methyl sites for hydroxylation is 1. The molecule has 3 amide bonds. The molecule has 1 aliphatic carbocycles. The summed E-state index contributed by atoms with van der Waals surface area (Å²) in [5.41, 5.74) is 2.01. The lowest BCUT2D eigenvalue weighted by Crippen LogP contribution is -2.41. The SMILES string of the molecule is CN(CCN1C(=O)NC(C)(C)C1=O)[C@@H]1CCc2ccccc21. The van der Waals surface area contributed by atoms with Crippen molar-refractivity contribution in [1.29, 1.82) is 0 Å². The third-order valence-electron chi connectivity index (χ3n) is 4.75. The summed E-state index contributed by atoms with van der Waals surface area (Å²) in [7, 11) is 2.07. The predicted molar refractivity (Wildman–Crippen MR) is 84.5 cm³/mol. The Bertz CT molecular complexity index is 612. The van der Waals surface area contributed by atoms with E-state index in [1.54, 1.807) is 13.8 Å². The van der Waals surface area contributed by atoms with Crippen LogP contribution in [0.3, 0.4) is 0 Å². The van der Waals surface area contributed by atoms with Crippen LogP contribution in [0.25, 0.3) is 0 Å². The van der Waals surface area contributed by atoms with Gasteiger partial charge in [-0.05, 0) is 44.9 Å². The number of rotatable bonds is 4. The van der Waals surface area contributed by atoms with Crippen molar-refractivity contribution in [3.8, 4) is 0 Å². The van der Waals surface area contributed by atoms with Gasteiger partial charge in [-0.1, -0.05) is 24.3 Å². The average Bonchev–Trinajstić information content (AvgIpc) is 2.97. The van der Waals surface area contributed by atoms with E-state index in [-0.39, 0.29) is 11.9 Å². The molecule has 1 fully saturated rings. The van der Waals surface area contributed by atoms with Gasteiger partial charge in [0, 0.05) is 19.1 Å². The number of amides is 3. The molecule has 0 bridgehead atoms. The molecule has 1 aromatic carbocycles. The molecule has 5 nitrogen and oxygen atoms in total. The third-order valence-corrected chi connectivity index (χ3v) is 4.75. The number of nitrogens with zero attached hydrogens (tertiary/aromatic N) is 2. The van der Waals surface area contributed by atoms with Crippen molar-refractivity contribution in [3.05, 3.63) is 35.4 Å². The molecule has 118 valence electrons. The number of hydrogen-bond acceptors (Lipinski definition) is 3. The van der Waals surface area contributed by atoms with Crippen molar-refractivity contribution in [1.82, 2.24) is 15.1 Å². The van der Waals surface area contributed by atoms with E-state index < -0.39 is 5.54 Å². The lowest BCUT2D eigenvalue weighted by molar-refractivity contribution is -0.130. The summed E-state index contributed by atoms with van der Waals surface area (Å²) in [6.45, 7) is 4.60. The molecule has 1 saturated heterocycles. The smallest absolute Gasteiger partial charge is 0.324 e. The molecule has 0 unspecified atom stereocenters. The summed E-state index contributed by atoms with van der Waals surface area (Å²) < 4.78 is 0. The van der Waals surface area contributed by atoms with Gasteiger partial charge in [-0.2, -0.15) is 0 Å². The minimum absolute atomic E-state index is 0.141. The molecule has 1 aliphatic heterocycles. The molecule has 0 saturated carbocycles. The normalized spacial score (nSPS) is 23.1. The van der Waals surface area contributed by atoms with Crippen molar-refractivity contribution in [2.24, 2.45) is 0 Å². The van der Waals surface area contributed by atoms with Crippen LogP contribution in [0.4, 0.5) is 4.79 Å². The van der Waals surface area contributed by atoms with Gasteiger partial charge in [0.25, 0.3) is 5.91 Å². The minimum atomic E-state index is -0.782. The van der Waals surface area contributed by atoms with Gasteiger partial charge >= 0.3 is 6.03 Å². The van der Waals surface area contributed by atoms with Gasteiger partial charge in [-0.15, -0.1) is 0 Å². The number of hydrogen-bond donors (Lipinski definition) is 1. The van der Waals surface area contributed by atoms with Crippen LogP contribution in [-0.2, 0) is 11.2 Å². The molecule has 22 heavy (non-hydrogen) atoms.